The van der Waals surface area contributed by atoms with Gasteiger partial charge >= 0.3 is 6.09 Å². The third-order valence-corrected chi connectivity index (χ3v) is 4.95. The molecule has 0 aliphatic heterocycles. The molecule has 0 saturated carbocycles. The van der Waals surface area contributed by atoms with Crippen LogP contribution in [0.2, 0.25) is 0 Å². The number of thioether (sulfide) groups is 1. The Labute approximate surface area is 163 Å². The van der Waals surface area contributed by atoms with Crippen molar-refractivity contribution in [3.63, 3.8) is 0 Å². The van der Waals surface area contributed by atoms with Crippen LogP contribution in [0, 0.1) is 5.92 Å². The lowest BCUT2D eigenvalue weighted by Gasteiger charge is -2.24. The Kier molecular flexibility index (Phi) is 7.82. The number of aliphatic hydroxyl groups is 1. The van der Waals surface area contributed by atoms with Gasteiger partial charge in [-0.05, 0) is 60.6 Å². The van der Waals surface area contributed by atoms with Gasteiger partial charge in [0, 0.05) is 17.2 Å². The van der Waals surface area contributed by atoms with E-state index >= 15 is 0 Å². The number of hydrogen-bond donors (Lipinski definition) is 3. The molecule has 6 nitrogen and oxygen atoms in total. The van der Waals surface area contributed by atoms with E-state index in [9.17, 15) is 15.0 Å². The average molecular weight is 391 g/mol. The van der Waals surface area contributed by atoms with Crippen LogP contribution in [0.5, 0.6) is 11.5 Å². The molecule has 1 amide bonds. The van der Waals surface area contributed by atoms with E-state index in [2.05, 4.69) is 5.32 Å². The molecule has 0 radical (unpaired) electrons. The monoisotopic (exact) mass is 391 g/mol. The highest BCUT2D eigenvalue weighted by atomic mass is 32.2. The molecule has 0 aliphatic carbocycles. The molecule has 2 aromatic carbocycles. The van der Waals surface area contributed by atoms with Crippen LogP contribution in [0.1, 0.15) is 25.0 Å². The minimum absolute atomic E-state index is 0.0269. The standard InChI is InChI=1S/C20H25NO5S/c1-13(10-11-22)19(14-4-9-18(25-2)17(23)12-14)26-20(24)21-15-5-7-16(27-3)8-6-15/h4-9,12-13,19,22-23H,10-11H2,1-3H3,(H,21,24)/t13-,19+/m0/s1. The summed E-state index contributed by atoms with van der Waals surface area (Å²) in [4.78, 5) is 13.5. The SMILES string of the molecule is COc1ccc([C@H](OC(=O)Nc2ccc(SC)cc2)[C@@H](C)CCO)cc1O. The van der Waals surface area contributed by atoms with Crippen molar-refractivity contribution < 1.29 is 24.5 Å². The number of hydrogen-bond acceptors (Lipinski definition) is 6. The fourth-order valence-corrected chi connectivity index (χ4v) is 3.10. The molecule has 0 unspecified atom stereocenters. The second-order valence-electron chi connectivity index (χ2n) is 6.10. The molecule has 0 bridgehead atoms. The van der Waals surface area contributed by atoms with E-state index in [1.807, 2.05) is 25.3 Å². The molecule has 2 atom stereocenters. The number of ether oxygens (including phenoxy) is 2. The first-order valence-electron chi connectivity index (χ1n) is 8.58. The number of benzene rings is 2. The third kappa shape index (κ3) is 5.80. The van der Waals surface area contributed by atoms with Gasteiger partial charge in [0.15, 0.2) is 11.5 Å². The smallest absolute Gasteiger partial charge is 0.412 e. The molecule has 7 heteroatoms. The van der Waals surface area contributed by atoms with Gasteiger partial charge in [0.2, 0.25) is 0 Å². The number of phenols is 1. The normalized spacial score (nSPS) is 12.9. The molecule has 0 aliphatic rings. The van der Waals surface area contributed by atoms with Crippen LogP contribution in [0.3, 0.4) is 0 Å². The fraction of sp³-hybridized carbons (Fsp3) is 0.350. The number of rotatable bonds is 8. The predicted octanol–water partition coefficient (Wildman–Crippen LogP) is 4.43. The summed E-state index contributed by atoms with van der Waals surface area (Å²) in [5.41, 5.74) is 1.26. The Balaban J connectivity index is 2.15. The second kappa shape index (κ2) is 10.1. The van der Waals surface area contributed by atoms with Crippen LogP contribution in [0.25, 0.3) is 0 Å². The summed E-state index contributed by atoms with van der Waals surface area (Å²) in [5.74, 6) is 0.158. The Bertz CT molecular complexity index is 751. The second-order valence-corrected chi connectivity index (χ2v) is 6.98. The van der Waals surface area contributed by atoms with Crippen LogP contribution in [0.4, 0.5) is 10.5 Å². The molecule has 3 N–H and O–H groups in total. The van der Waals surface area contributed by atoms with Crippen LogP contribution < -0.4 is 10.1 Å². The van der Waals surface area contributed by atoms with Crippen molar-refractivity contribution in [3.8, 4) is 11.5 Å². The lowest BCUT2D eigenvalue weighted by atomic mass is 9.94. The highest BCUT2D eigenvalue weighted by Gasteiger charge is 2.24. The van der Waals surface area contributed by atoms with Gasteiger partial charge in [0.05, 0.1) is 7.11 Å². The lowest BCUT2D eigenvalue weighted by Crippen LogP contribution is -2.22. The maximum atomic E-state index is 12.4. The number of nitrogens with one attached hydrogen (secondary N) is 1. The van der Waals surface area contributed by atoms with Gasteiger partial charge in [-0.1, -0.05) is 13.0 Å². The molecule has 146 valence electrons. The first kappa shape index (κ1) is 20.9. The summed E-state index contributed by atoms with van der Waals surface area (Å²) in [6.45, 7) is 1.85. The van der Waals surface area contributed by atoms with Crippen molar-refractivity contribution in [3.05, 3.63) is 48.0 Å². The molecule has 2 rings (SSSR count). The van der Waals surface area contributed by atoms with Gasteiger partial charge in [-0.2, -0.15) is 0 Å². The zero-order valence-electron chi connectivity index (χ0n) is 15.6. The number of aromatic hydroxyl groups is 1. The van der Waals surface area contributed by atoms with E-state index in [0.29, 0.717) is 23.4 Å². The molecule has 0 aromatic heterocycles. The molecular weight excluding hydrogens is 366 g/mol. The van der Waals surface area contributed by atoms with Gasteiger partial charge in [0.25, 0.3) is 0 Å². The summed E-state index contributed by atoms with van der Waals surface area (Å²) in [6, 6.07) is 12.3. The molecule has 27 heavy (non-hydrogen) atoms. The van der Waals surface area contributed by atoms with Crippen LogP contribution in [-0.4, -0.2) is 36.3 Å². The fourth-order valence-electron chi connectivity index (χ4n) is 2.69. The van der Waals surface area contributed by atoms with Crippen LogP contribution in [0.15, 0.2) is 47.4 Å². The number of aliphatic hydroxyl groups excluding tert-OH is 1. The van der Waals surface area contributed by atoms with E-state index in [1.54, 1.807) is 36.0 Å². The van der Waals surface area contributed by atoms with Crippen molar-refractivity contribution in [1.82, 2.24) is 0 Å². The lowest BCUT2D eigenvalue weighted by molar-refractivity contribution is 0.0666. The minimum atomic E-state index is -0.626. The van der Waals surface area contributed by atoms with Crippen molar-refractivity contribution in [2.75, 3.05) is 25.3 Å². The number of anilines is 1. The predicted molar refractivity (Wildman–Crippen MR) is 107 cm³/mol. The quantitative estimate of drug-likeness (QED) is 0.577. The molecule has 0 fully saturated rings. The topological polar surface area (TPSA) is 88.0 Å². The van der Waals surface area contributed by atoms with E-state index in [4.69, 9.17) is 9.47 Å². The first-order valence-corrected chi connectivity index (χ1v) is 9.80. The number of phenolic OH excluding ortho intramolecular Hbond substituents is 1. The molecule has 0 spiro atoms. The summed E-state index contributed by atoms with van der Waals surface area (Å²) in [5, 5.41) is 22.0. The highest BCUT2D eigenvalue weighted by Crippen LogP contribution is 2.34. The van der Waals surface area contributed by atoms with E-state index in [0.717, 1.165) is 4.90 Å². The Hall–Kier alpha value is -2.38. The van der Waals surface area contributed by atoms with Crippen molar-refractivity contribution >= 4 is 23.5 Å². The van der Waals surface area contributed by atoms with E-state index < -0.39 is 12.2 Å². The van der Waals surface area contributed by atoms with Gasteiger partial charge in [-0.25, -0.2) is 4.79 Å². The summed E-state index contributed by atoms with van der Waals surface area (Å²) < 4.78 is 10.7. The minimum Gasteiger partial charge on any atom is -0.504 e. The Morgan fingerprint density at radius 1 is 1.22 bits per heavy atom. The van der Waals surface area contributed by atoms with Crippen LogP contribution >= 0.6 is 11.8 Å². The summed E-state index contributed by atoms with van der Waals surface area (Å²) >= 11 is 1.62. The number of amides is 1. The van der Waals surface area contributed by atoms with Gasteiger partial charge < -0.3 is 19.7 Å². The zero-order chi connectivity index (χ0) is 19.8. The third-order valence-electron chi connectivity index (χ3n) is 4.20. The maximum Gasteiger partial charge on any atom is 0.412 e. The number of carbonyl (C=O) groups excluding carboxylic acids is 1. The van der Waals surface area contributed by atoms with Gasteiger partial charge in [-0.15, -0.1) is 11.8 Å². The molecular formula is C20H25NO5S. The maximum absolute atomic E-state index is 12.4. The summed E-state index contributed by atoms with van der Waals surface area (Å²) in [7, 11) is 1.47. The summed E-state index contributed by atoms with van der Waals surface area (Å²) in [6.07, 6.45) is 1.21. The van der Waals surface area contributed by atoms with E-state index in [-0.39, 0.29) is 18.3 Å². The molecule has 0 heterocycles. The van der Waals surface area contributed by atoms with Crippen LogP contribution in [-0.2, 0) is 4.74 Å². The van der Waals surface area contributed by atoms with Crippen molar-refractivity contribution in [2.24, 2.45) is 5.92 Å². The zero-order valence-corrected chi connectivity index (χ0v) is 16.5. The number of methoxy groups -OCH3 is 1. The van der Waals surface area contributed by atoms with E-state index in [1.165, 1.54) is 13.2 Å². The van der Waals surface area contributed by atoms with Gasteiger partial charge in [0.1, 0.15) is 6.10 Å². The van der Waals surface area contributed by atoms with Gasteiger partial charge in [-0.3, -0.25) is 5.32 Å². The average Bonchev–Trinajstić information content (AvgIpc) is 2.66. The van der Waals surface area contributed by atoms with Crippen molar-refractivity contribution in [2.45, 2.75) is 24.3 Å². The molecule has 2 aromatic rings. The Morgan fingerprint density at radius 3 is 2.48 bits per heavy atom. The largest absolute Gasteiger partial charge is 0.504 e. The highest BCUT2D eigenvalue weighted by molar-refractivity contribution is 7.98. The van der Waals surface area contributed by atoms with Crippen molar-refractivity contribution in [1.29, 1.82) is 0 Å². The number of carbonyl (C=O) groups is 1. The first-order chi connectivity index (χ1) is 13.0. The Morgan fingerprint density at radius 2 is 1.93 bits per heavy atom. The molecule has 0 saturated heterocycles.